The van der Waals surface area contributed by atoms with E-state index in [0.29, 0.717) is 19.1 Å². The van der Waals surface area contributed by atoms with E-state index in [1.165, 1.54) is 0 Å². The van der Waals surface area contributed by atoms with Crippen LogP contribution < -0.4 is 5.32 Å². The number of morpholine rings is 1. The first kappa shape index (κ1) is 14.7. The first-order valence-corrected chi connectivity index (χ1v) is 6.14. The lowest BCUT2D eigenvalue weighted by Crippen LogP contribution is -2.53. The van der Waals surface area contributed by atoms with Crippen molar-refractivity contribution in [2.75, 3.05) is 26.2 Å². The molecule has 0 bridgehead atoms. The van der Waals surface area contributed by atoms with E-state index in [1.54, 1.807) is 0 Å². The summed E-state index contributed by atoms with van der Waals surface area (Å²) in [5, 5.41) is 3.21. The molecule has 0 aromatic carbocycles. The molecule has 5 heteroatoms. The van der Waals surface area contributed by atoms with Crippen LogP contribution in [0.5, 0.6) is 0 Å². The molecule has 2 aliphatic heterocycles. The number of nitrogens with zero attached hydrogens (tertiary/aromatic N) is 1. The van der Waals surface area contributed by atoms with Gasteiger partial charge in [-0.05, 0) is 26.2 Å². The van der Waals surface area contributed by atoms with Crippen LogP contribution in [0.3, 0.4) is 0 Å². The van der Waals surface area contributed by atoms with Gasteiger partial charge in [0.2, 0.25) is 0 Å². The maximum Gasteiger partial charge on any atom is 0.253 e. The molecule has 2 unspecified atom stereocenters. The van der Waals surface area contributed by atoms with E-state index in [0.717, 1.165) is 19.5 Å². The van der Waals surface area contributed by atoms with E-state index in [9.17, 15) is 4.79 Å². The van der Waals surface area contributed by atoms with Crippen molar-refractivity contribution >= 4 is 18.3 Å². The summed E-state index contributed by atoms with van der Waals surface area (Å²) in [6.07, 6.45) is 0.803. The fourth-order valence-corrected chi connectivity index (χ4v) is 2.87. The molecule has 0 aromatic heterocycles. The van der Waals surface area contributed by atoms with Crippen LogP contribution in [0.1, 0.15) is 27.2 Å². The van der Waals surface area contributed by atoms with Gasteiger partial charge in [0, 0.05) is 25.2 Å². The zero-order valence-corrected chi connectivity index (χ0v) is 11.7. The van der Waals surface area contributed by atoms with Crippen molar-refractivity contribution in [2.24, 2.45) is 5.92 Å². The van der Waals surface area contributed by atoms with Gasteiger partial charge in [-0.25, -0.2) is 0 Å². The van der Waals surface area contributed by atoms with E-state index in [4.69, 9.17) is 4.74 Å². The molecular weight excluding hydrogens is 240 g/mol. The molecule has 1 amide bonds. The van der Waals surface area contributed by atoms with Gasteiger partial charge in [0.1, 0.15) is 6.10 Å². The third-order valence-electron chi connectivity index (χ3n) is 3.54. The lowest BCUT2D eigenvalue weighted by molar-refractivity contribution is -0.148. The van der Waals surface area contributed by atoms with E-state index >= 15 is 0 Å². The Morgan fingerprint density at radius 1 is 1.47 bits per heavy atom. The molecule has 2 rings (SSSR count). The largest absolute Gasteiger partial charge is 0.366 e. The molecule has 2 aliphatic rings. The first-order chi connectivity index (χ1) is 7.50. The van der Waals surface area contributed by atoms with Gasteiger partial charge in [-0.1, -0.05) is 6.92 Å². The standard InChI is InChI=1S/C12H22N2O2.ClH/c1-9-6-12(2,3)14(8-9)11(15)10-7-13-4-5-16-10;/h9-10,13H,4-8H2,1-3H3;1H. The van der Waals surface area contributed by atoms with Crippen LogP contribution in [0.15, 0.2) is 0 Å². The summed E-state index contributed by atoms with van der Waals surface area (Å²) >= 11 is 0. The Morgan fingerprint density at radius 3 is 2.65 bits per heavy atom. The number of rotatable bonds is 1. The third-order valence-corrected chi connectivity index (χ3v) is 3.54. The second-order valence-electron chi connectivity index (χ2n) is 5.63. The molecule has 0 aromatic rings. The fourth-order valence-electron chi connectivity index (χ4n) is 2.87. The topological polar surface area (TPSA) is 41.6 Å². The number of carbonyl (C=O) groups excluding carboxylic acids is 1. The summed E-state index contributed by atoms with van der Waals surface area (Å²) in [5.41, 5.74) is -0.0166. The molecule has 0 radical (unpaired) electrons. The molecule has 1 N–H and O–H groups in total. The van der Waals surface area contributed by atoms with Gasteiger partial charge < -0.3 is 15.0 Å². The minimum absolute atomic E-state index is 0. The minimum Gasteiger partial charge on any atom is -0.366 e. The number of hydrogen-bond donors (Lipinski definition) is 1. The fraction of sp³-hybridized carbons (Fsp3) is 0.917. The number of amides is 1. The Kier molecular flexibility index (Phi) is 4.81. The molecule has 0 aliphatic carbocycles. The summed E-state index contributed by atoms with van der Waals surface area (Å²) in [6.45, 7) is 9.50. The second kappa shape index (κ2) is 5.55. The van der Waals surface area contributed by atoms with E-state index in [-0.39, 0.29) is 30.0 Å². The number of nitrogens with one attached hydrogen (secondary N) is 1. The van der Waals surface area contributed by atoms with Gasteiger partial charge in [0.05, 0.1) is 6.61 Å². The maximum atomic E-state index is 12.3. The minimum atomic E-state index is -0.279. The number of ether oxygens (including phenoxy) is 1. The third kappa shape index (κ3) is 3.12. The monoisotopic (exact) mass is 262 g/mol. The van der Waals surface area contributed by atoms with Gasteiger partial charge in [0.15, 0.2) is 0 Å². The highest BCUT2D eigenvalue weighted by molar-refractivity contribution is 5.85. The van der Waals surface area contributed by atoms with Gasteiger partial charge in [-0.15, -0.1) is 12.4 Å². The van der Waals surface area contributed by atoms with Crippen LogP contribution in [0, 0.1) is 5.92 Å². The predicted molar refractivity (Wildman–Crippen MR) is 69.4 cm³/mol. The lowest BCUT2D eigenvalue weighted by Gasteiger charge is -2.35. The van der Waals surface area contributed by atoms with E-state index in [1.807, 2.05) is 4.90 Å². The lowest BCUT2D eigenvalue weighted by atomic mass is 9.97. The van der Waals surface area contributed by atoms with Gasteiger partial charge in [-0.3, -0.25) is 4.79 Å². The van der Waals surface area contributed by atoms with Crippen molar-refractivity contribution in [3.63, 3.8) is 0 Å². The zero-order chi connectivity index (χ0) is 11.8. The first-order valence-electron chi connectivity index (χ1n) is 6.14. The van der Waals surface area contributed by atoms with Crippen LogP contribution in [0.2, 0.25) is 0 Å². The molecular formula is C12H23ClN2O2. The molecule has 2 saturated heterocycles. The Hall–Kier alpha value is -0.320. The zero-order valence-electron chi connectivity index (χ0n) is 10.9. The van der Waals surface area contributed by atoms with Crippen LogP contribution in [0.25, 0.3) is 0 Å². The molecule has 17 heavy (non-hydrogen) atoms. The molecule has 100 valence electrons. The van der Waals surface area contributed by atoms with Crippen molar-refractivity contribution in [3.8, 4) is 0 Å². The van der Waals surface area contributed by atoms with E-state index < -0.39 is 0 Å². The highest BCUT2D eigenvalue weighted by atomic mass is 35.5. The van der Waals surface area contributed by atoms with Gasteiger partial charge in [0.25, 0.3) is 5.91 Å². The highest BCUT2D eigenvalue weighted by Crippen LogP contribution is 2.32. The number of hydrogen-bond acceptors (Lipinski definition) is 3. The van der Waals surface area contributed by atoms with Gasteiger partial charge >= 0.3 is 0 Å². The Labute approximate surface area is 109 Å². The van der Waals surface area contributed by atoms with E-state index in [2.05, 4.69) is 26.1 Å². The normalized spacial score (nSPS) is 32.1. The van der Waals surface area contributed by atoms with Crippen molar-refractivity contribution in [1.29, 1.82) is 0 Å². The molecule has 0 spiro atoms. The summed E-state index contributed by atoms with van der Waals surface area (Å²) < 4.78 is 5.53. The Bertz CT molecular complexity index is 278. The van der Waals surface area contributed by atoms with Crippen LogP contribution >= 0.6 is 12.4 Å². The molecule has 2 fully saturated rings. The van der Waals surface area contributed by atoms with Crippen molar-refractivity contribution < 1.29 is 9.53 Å². The summed E-state index contributed by atoms with van der Waals surface area (Å²) in [5.74, 6) is 0.747. The predicted octanol–water partition coefficient (Wildman–Crippen LogP) is 1.04. The highest BCUT2D eigenvalue weighted by Gasteiger charge is 2.41. The summed E-state index contributed by atoms with van der Waals surface area (Å²) in [7, 11) is 0. The van der Waals surface area contributed by atoms with Crippen molar-refractivity contribution in [2.45, 2.75) is 38.8 Å². The van der Waals surface area contributed by atoms with Crippen LogP contribution in [-0.4, -0.2) is 48.7 Å². The molecule has 0 saturated carbocycles. The Balaban J connectivity index is 0.00000144. The Morgan fingerprint density at radius 2 is 2.18 bits per heavy atom. The maximum absolute atomic E-state index is 12.3. The van der Waals surface area contributed by atoms with Crippen LogP contribution in [-0.2, 0) is 9.53 Å². The average Bonchev–Trinajstić information content (AvgIpc) is 2.52. The number of carbonyl (C=O) groups is 1. The number of halogens is 1. The van der Waals surface area contributed by atoms with Gasteiger partial charge in [-0.2, -0.15) is 0 Å². The number of likely N-dealkylation sites (tertiary alicyclic amines) is 1. The molecule has 2 atom stereocenters. The van der Waals surface area contributed by atoms with Crippen LogP contribution in [0.4, 0.5) is 0 Å². The molecule has 4 nitrogen and oxygen atoms in total. The quantitative estimate of drug-likeness (QED) is 0.768. The smallest absolute Gasteiger partial charge is 0.253 e. The second-order valence-corrected chi connectivity index (χ2v) is 5.63. The average molecular weight is 263 g/mol. The SMILES string of the molecule is CC1CN(C(=O)C2CNCCO2)C(C)(C)C1.Cl. The van der Waals surface area contributed by atoms with Crippen molar-refractivity contribution in [3.05, 3.63) is 0 Å². The summed E-state index contributed by atoms with van der Waals surface area (Å²) in [6, 6.07) is 0. The summed E-state index contributed by atoms with van der Waals surface area (Å²) in [4.78, 5) is 14.3. The van der Waals surface area contributed by atoms with Crippen molar-refractivity contribution in [1.82, 2.24) is 10.2 Å². The molecule has 2 heterocycles.